The molecule has 0 radical (unpaired) electrons. The van der Waals surface area contributed by atoms with Crippen LogP contribution in [0.5, 0.6) is 0 Å². The summed E-state index contributed by atoms with van der Waals surface area (Å²) in [6, 6.07) is 18.6. The topological polar surface area (TPSA) is 44.5 Å². The Morgan fingerprint density at radius 1 is 0.950 bits per heavy atom. The molecule has 20 heavy (non-hydrogen) atoms. The van der Waals surface area contributed by atoms with Crippen molar-refractivity contribution in [3.8, 4) is 0 Å². The molecule has 0 amide bonds. The van der Waals surface area contributed by atoms with Crippen molar-refractivity contribution in [2.24, 2.45) is 5.73 Å². The SMILES string of the molecule is NCC(c1ccccc1)c1ccccc1C1OCCO1. The minimum Gasteiger partial charge on any atom is -0.346 e. The van der Waals surface area contributed by atoms with Crippen molar-refractivity contribution in [3.63, 3.8) is 0 Å². The predicted molar refractivity (Wildman–Crippen MR) is 78.4 cm³/mol. The lowest BCUT2D eigenvalue weighted by atomic mass is 9.88. The lowest BCUT2D eigenvalue weighted by Crippen LogP contribution is -2.17. The van der Waals surface area contributed by atoms with Crippen LogP contribution in [0.25, 0.3) is 0 Å². The second-order valence-electron chi connectivity index (χ2n) is 4.90. The maximum Gasteiger partial charge on any atom is 0.184 e. The van der Waals surface area contributed by atoms with E-state index in [9.17, 15) is 0 Å². The second-order valence-corrected chi connectivity index (χ2v) is 4.90. The van der Waals surface area contributed by atoms with Gasteiger partial charge in [0.05, 0.1) is 13.2 Å². The van der Waals surface area contributed by atoms with Crippen molar-refractivity contribution in [2.45, 2.75) is 12.2 Å². The average molecular weight is 269 g/mol. The van der Waals surface area contributed by atoms with Crippen LogP contribution in [0.1, 0.15) is 28.9 Å². The first-order chi connectivity index (χ1) is 9.90. The van der Waals surface area contributed by atoms with Gasteiger partial charge in [-0.1, -0.05) is 54.6 Å². The zero-order chi connectivity index (χ0) is 13.8. The quantitative estimate of drug-likeness (QED) is 0.928. The molecule has 104 valence electrons. The number of hydrogen-bond acceptors (Lipinski definition) is 3. The van der Waals surface area contributed by atoms with Crippen LogP contribution < -0.4 is 5.73 Å². The van der Waals surface area contributed by atoms with E-state index < -0.39 is 0 Å². The largest absolute Gasteiger partial charge is 0.346 e. The Kier molecular flexibility index (Phi) is 4.11. The van der Waals surface area contributed by atoms with Crippen molar-refractivity contribution in [3.05, 3.63) is 71.3 Å². The van der Waals surface area contributed by atoms with E-state index in [1.54, 1.807) is 0 Å². The van der Waals surface area contributed by atoms with Gasteiger partial charge in [-0.25, -0.2) is 0 Å². The summed E-state index contributed by atoms with van der Waals surface area (Å²) >= 11 is 0. The van der Waals surface area contributed by atoms with Gasteiger partial charge < -0.3 is 15.2 Å². The van der Waals surface area contributed by atoms with Crippen molar-refractivity contribution < 1.29 is 9.47 Å². The summed E-state index contributed by atoms with van der Waals surface area (Å²) in [6.45, 7) is 1.86. The smallest absolute Gasteiger partial charge is 0.184 e. The highest BCUT2D eigenvalue weighted by Gasteiger charge is 2.24. The van der Waals surface area contributed by atoms with Gasteiger partial charge in [0.15, 0.2) is 6.29 Å². The molecule has 3 rings (SSSR count). The molecule has 0 aliphatic carbocycles. The maximum atomic E-state index is 6.02. The first-order valence-electron chi connectivity index (χ1n) is 6.97. The molecule has 1 atom stereocenters. The lowest BCUT2D eigenvalue weighted by Gasteiger charge is -2.21. The second kappa shape index (κ2) is 6.18. The molecule has 1 fully saturated rings. The van der Waals surface area contributed by atoms with E-state index in [1.807, 2.05) is 30.3 Å². The summed E-state index contributed by atoms with van der Waals surface area (Å²) in [5, 5.41) is 0. The third kappa shape index (κ3) is 2.61. The van der Waals surface area contributed by atoms with E-state index in [1.165, 1.54) is 11.1 Å². The highest BCUT2D eigenvalue weighted by atomic mass is 16.7. The Balaban J connectivity index is 1.99. The molecule has 0 saturated carbocycles. The van der Waals surface area contributed by atoms with E-state index in [2.05, 4.69) is 24.3 Å². The molecular formula is C17H19NO2. The van der Waals surface area contributed by atoms with Gasteiger partial charge in [0, 0.05) is 18.0 Å². The summed E-state index contributed by atoms with van der Waals surface area (Å²) in [5.41, 5.74) is 9.52. The van der Waals surface area contributed by atoms with Gasteiger partial charge >= 0.3 is 0 Å². The Morgan fingerprint density at radius 3 is 2.30 bits per heavy atom. The highest BCUT2D eigenvalue weighted by molar-refractivity contribution is 5.39. The molecule has 2 aromatic carbocycles. The standard InChI is InChI=1S/C17H19NO2/c18-12-16(13-6-2-1-3-7-13)14-8-4-5-9-15(14)17-19-10-11-20-17/h1-9,16-17H,10-12,18H2. The highest BCUT2D eigenvalue weighted by Crippen LogP contribution is 2.33. The number of rotatable bonds is 4. The van der Waals surface area contributed by atoms with Crippen LogP contribution in [-0.4, -0.2) is 19.8 Å². The lowest BCUT2D eigenvalue weighted by molar-refractivity contribution is -0.0448. The van der Waals surface area contributed by atoms with E-state index in [4.69, 9.17) is 15.2 Å². The fourth-order valence-electron chi connectivity index (χ4n) is 2.71. The summed E-state index contributed by atoms with van der Waals surface area (Å²) in [7, 11) is 0. The van der Waals surface area contributed by atoms with Crippen LogP contribution in [-0.2, 0) is 9.47 Å². The number of ether oxygens (including phenoxy) is 2. The number of benzene rings is 2. The van der Waals surface area contributed by atoms with Crippen molar-refractivity contribution in [2.75, 3.05) is 19.8 Å². The van der Waals surface area contributed by atoms with Crippen LogP contribution in [0.3, 0.4) is 0 Å². The molecule has 1 aliphatic rings. The van der Waals surface area contributed by atoms with E-state index in [0.29, 0.717) is 19.8 Å². The first kappa shape index (κ1) is 13.3. The van der Waals surface area contributed by atoms with E-state index >= 15 is 0 Å². The minimum atomic E-state index is -0.260. The normalized spacial score (nSPS) is 17.2. The van der Waals surface area contributed by atoms with Gasteiger partial charge in [0.25, 0.3) is 0 Å². The molecule has 3 nitrogen and oxygen atoms in total. The Morgan fingerprint density at radius 2 is 1.60 bits per heavy atom. The summed E-state index contributed by atoms with van der Waals surface area (Å²) < 4.78 is 11.3. The Bertz CT molecular complexity index is 550. The van der Waals surface area contributed by atoms with Gasteiger partial charge in [0.1, 0.15) is 0 Å². The molecule has 0 bridgehead atoms. The van der Waals surface area contributed by atoms with Gasteiger partial charge in [-0.05, 0) is 11.1 Å². The fraction of sp³-hybridized carbons (Fsp3) is 0.294. The summed E-state index contributed by atoms with van der Waals surface area (Å²) in [6.07, 6.45) is -0.260. The van der Waals surface area contributed by atoms with E-state index in [-0.39, 0.29) is 12.2 Å². The van der Waals surface area contributed by atoms with Crippen molar-refractivity contribution in [1.29, 1.82) is 0 Å². The molecule has 3 heteroatoms. The van der Waals surface area contributed by atoms with Gasteiger partial charge in [-0.3, -0.25) is 0 Å². The first-order valence-corrected chi connectivity index (χ1v) is 6.97. The number of nitrogens with two attached hydrogens (primary N) is 1. The average Bonchev–Trinajstić information content (AvgIpc) is 3.04. The Hall–Kier alpha value is -1.68. The van der Waals surface area contributed by atoms with Crippen molar-refractivity contribution >= 4 is 0 Å². The molecule has 1 unspecified atom stereocenters. The molecule has 1 aliphatic heterocycles. The third-order valence-electron chi connectivity index (χ3n) is 3.68. The maximum absolute atomic E-state index is 6.02. The van der Waals surface area contributed by atoms with Gasteiger partial charge in [-0.2, -0.15) is 0 Å². The van der Waals surface area contributed by atoms with Crippen LogP contribution in [0.2, 0.25) is 0 Å². The van der Waals surface area contributed by atoms with Gasteiger partial charge in [0.2, 0.25) is 0 Å². The molecular weight excluding hydrogens is 250 g/mol. The predicted octanol–water partition coefficient (Wildman–Crippen LogP) is 2.82. The number of hydrogen-bond donors (Lipinski definition) is 1. The zero-order valence-electron chi connectivity index (χ0n) is 11.4. The molecule has 2 N–H and O–H groups in total. The van der Waals surface area contributed by atoms with Crippen molar-refractivity contribution in [1.82, 2.24) is 0 Å². The monoisotopic (exact) mass is 269 g/mol. The fourth-order valence-corrected chi connectivity index (χ4v) is 2.71. The van der Waals surface area contributed by atoms with Gasteiger partial charge in [-0.15, -0.1) is 0 Å². The van der Waals surface area contributed by atoms with Crippen LogP contribution in [0.15, 0.2) is 54.6 Å². The van der Waals surface area contributed by atoms with E-state index in [0.717, 1.165) is 5.56 Å². The van der Waals surface area contributed by atoms with Crippen LogP contribution >= 0.6 is 0 Å². The molecule has 2 aromatic rings. The molecule has 1 heterocycles. The molecule has 0 spiro atoms. The summed E-state index contributed by atoms with van der Waals surface area (Å²) in [4.78, 5) is 0. The molecule has 1 saturated heterocycles. The third-order valence-corrected chi connectivity index (χ3v) is 3.68. The minimum absolute atomic E-state index is 0.167. The van der Waals surface area contributed by atoms with Crippen LogP contribution in [0.4, 0.5) is 0 Å². The zero-order valence-corrected chi connectivity index (χ0v) is 11.4. The summed E-state index contributed by atoms with van der Waals surface area (Å²) in [5.74, 6) is 0.167. The van der Waals surface area contributed by atoms with Crippen LogP contribution in [0, 0.1) is 0 Å². The molecule has 0 aromatic heterocycles. The Labute approximate surface area is 119 Å².